The minimum Gasteiger partial charge on any atom is -0.496 e. The molecule has 2 aromatic rings. The largest absolute Gasteiger partial charge is 0.496 e. The summed E-state index contributed by atoms with van der Waals surface area (Å²) in [5, 5.41) is 12.6. The zero-order chi connectivity index (χ0) is 17.4. The summed E-state index contributed by atoms with van der Waals surface area (Å²) in [7, 11) is 1.61. The summed E-state index contributed by atoms with van der Waals surface area (Å²) in [6, 6.07) is 17.2. The molecule has 2 rings (SSSR count). The predicted octanol–water partition coefficient (Wildman–Crippen LogP) is 2.20. The number of carbonyl (C=O) groups excluding carboxylic acids is 1. The van der Waals surface area contributed by atoms with E-state index in [0.29, 0.717) is 13.1 Å². The molecule has 0 aliphatic carbocycles. The average Bonchev–Trinajstić information content (AvgIpc) is 2.60. The number of hydrogen-bond donors (Lipinski definition) is 2. The van der Waals surface area contributed by atoms with Crippen LogP contribution in [0.2, 0.25) is 0 Å². The van der Waals surface area contributed by atoms with Crippen molar-refractivity contribution in [1.29, 1.82) is 0 Å². The number of benzene rings is 2. The monoisotopic (exact) mass is 328 g/mol. The van der Waals surface area contributed by atoms with E-state index in [-0.39, 0.29) is 12.5 Å². The van der Waals surface area contributed by atoms with Gasteiger partial charge in [0.05, 0.1) is 19.8 Å². The van der Waals surface area contributed by atoms with Gasteiger partial charge in [0, 0.05) is 24.3 Å². The number of para-hydroxylation sites is 2. The topological polar surface area (TPSA) is 61.8 Å². The molecule has 1 atom stereocenters. The van der Waals surface area contributed by atoms with Gasteiger partial charge in [0.25, 0.3) is 0 Å². The molecule has 0 radical (unpaired) electrons. The number of ether oxygens (including phenoxy) is 1. The van der Waals surface area contributed by atoms with Gasteiger partial charge in [-0.15, -0.1) is 0 Å². The van der Waals surface area contributed by atoms with Crippen molar-refractivity contribution in [2.24, 2.45) is 0 Å². The molecule has 2 N–H and O–H groups in total. The number of nitrogens with one attached hydrogen (secondary N) is 1. The van der Waals surface area contributed by atoms with Crippen molar-refractivity contribution in [3.8, 4) is 5.75 Å². The van der Waals surface area contributed by atoms with E-state index in [1.54, 1.807) is 14.0 Å². The van der Waals surface area contributed by atoms with E-state index >= 15 is 0 Å². The van der Waals surface area contributed by atoms with Crippen LogP contribution >= 0.6 is 0 Å². The zero-order valence-electron chi connectivity index (χ0n) is 14.1. The van der Waals surface area contributed by atoms with E-state index in [1.165, 1.54) is 0 Å². The number of amides is 1. The molecule has 128 valence electrons. The summed E-state index contributed by atoms with van der Waals surface area (Å²) in [5.74, 6) is 0.645. The number of carbonyl (C=O) groups is 1. The second kappa shape index (κ2) is 8.93. The normalized spacial score (nSPS) is 11.6. The van der Waals surface area contributed by atoms with Crippen molar-refractivity contribution < 1.29 is 14.6 Å². The first-order valence-electron chi connectivity index (χ1n) is 7.97. The lowest BCUT2D eigenvalue weighted by molar-refractivity contribution is -0.120. The van der Waals surface area contributed by atoms with Gasteiger partial charge >= 0.3 is 0 Å². The Hall–Kier alpha value is -2.53. The molecular weight excluding hydrogens is 304 g/mol. The average molecular weight is 328 g/mol. The molecule has 24 heavy (non-hydrogen) atoms. The highest BCUT2D eigenvalue weighted by Crippen LogP contribution is 2.17. The molecule has 0 saturated carbocycles. The molecule has 0 aliphatic heterocycles. The standard InChI is InChI=1S/C19H24N2O3/c1-15(22)13-21(17-9-4-3-5-10-17)14-19(23)20-12-16-8-6-7-11-18(16)24-2/h3-11,15,22H,12-14H2,1-2H3,(H,20,23). The van der Waals surface area contributed by atoms with Crippen molar-refractivity contribution in [2.45, 2.75) is 19.6 Å². The van der Waals surface area contributed by atoms with Crippen molar-refractivity contribution in [1.82, 2.24) is 5.32 Å². The Labute approximate surface area is 142 Å². The maximum atomic E-state index is 12.3. The summed E-state index contributed by atoms with van der Waals surface area (Å²) in [4.78, 5) is 14.2. The minimum atomic E-state index is -0.521. The molecule has 2 aromatic carbocycles. The van der Waals surface area contributed by atoms with Crippen LogP contribution in [0, 0.1) is 0 Å². The second-order valence-corrected chi connectivity index (χ2v) is 5.65. The van der Waals surface area contributed by atoms with Crippen molar-refractivity contribution >= 4 is 11.6 Å². The highest BCUT2D eigenvalue weighted by Gasteiger charge is 2.14. The Morgan fingerprint density at radius 2 is 1.83 bits per heavy atom. The molecule has 1 amide bonds. The molecule has 0 saturated heterocycles. The summed E-state index contributed by atoms with van der Waals surface area (Å²) in [6.07, 6.45) is -0.521. The fourth-order valence-corrected chi connectivity index (χ4v) is 2.49. The van der Waals surface area contributed by atoms with Gasteiger partial charge in [-0.2, -0.15) is 0 Å². The summed E-state index contributed by atoms with van der Waals surface area (Å²) in [5.41, 5.74) is 1.83. The SMILES string of the molecule is COc1ccccc1CNC(=O)CN(CC(C)O)c1ccccc1. The van der Waals surface area contributed by atoms with Crippen LogP contribution in [-0.2, 0) is 11.3 Å². The lowest BCUT2D eigenvalue weighted by Crippen LogP contribution is -2.40. The van der Waals surface area contributed by atoms with Gasteiger partial charge in [0.15, 0.2) is 0 Å². The number of methoxy groups -OCH3 is 1. The minimum absolute atomic E-state index is 0.106. The van der Waals surface area contributed by atoms with Crippen LogP contribution in [0.1, 0.15) is 12.5 Å². The van der Waals surface area contributed by atoms with E-state index in [4.69, 9.17) is 4.74 Å². The quantitative estimate of drug-likeness (QED) is 0.780. The Kier molecular flexibility index (Phi) is 6.63. The predicted molar refractivity (Wildman–Crippen MR) is 95.2 cm³/mol. The second-order valence-electron chi connectivity index (χ2n) is 5.65. The van der Waals surface area contributed by atoms with Crippen LogP contribution in [0.3, 0.4) is 0 Å². The van der Waals surface area contributed by atoms with Crippen molar-refractivity contribution in [3.63, 3.8) is 0 Å². The van der Waals surface area contributed by atoms with Gasteiger partial charge in [-0.25, -0.2) is 0 Å². The maximum Gasteiger partial charge on any atom is 0.239 e. The number of hydrogen-bond acceptors (Lipinski definition) is 4. The fraction of sp³-hybridized carbons (Fsp3) is 0.316. The fourth-order valence-electron chi connectivity index (χ4n) is 2.49. The third kappa shape index (κ3) is 5.28. The summed E-state index contributed by atoms with van der Waals surface area (Å²) in [6.45, 7) is 2.69. The van der Waals surface area contributed by atoms with Crippen molar-refractivity contribution in [2.75, 3.05) is 25.1 Å². The van der Waals surface area contributed by atoms with Crippen LogP contribution in [0.25, 0.3) is 0 Å². The number of anilines is 1. The molecular formula is C19H24N2O3. The van der Waals surface area contributed by atoms with E-state index in [9.17, 15) is 9.90 Å². The van der Waals surface area contributed by atoms with Crippen LogP contribution in [0.15, 0.2) is 54.6 Å². The van der Waals surface area contributed by atoms with Crippen LogP contribution in [0.5, 0.6) is 5.75 Å². The number of rotatable bonds is 8. The smallest absolute Gasteiger partial charge is 0.239 e. The third-order valence-electron chi connectivity index (χ3n) is 3.61. The molecule has 0 heterocycles. The van der Waals surface area contributed by atoms with Crippen LogP contribution in [-0.4, -0.2) is 37.3 Å². The Morgan fingerprint density at radius 3 is 2.50 bits per heavy atom. The van der Waals surface area contributed by atoms with Gasteiger partial charge in [-0.05, 0) is 25.1 Å². The van der Waals surface area contributed by atoms with Crippen molar-refractivity contribution in [3.05, 3.63) is 60.2 Å². The van der Waals surface area contributed by atoms with Gasteiger partial charge < -0.3 is 20.1 Å². The Bertz CT molecular complexity index is 644. The number of nitrogens with zero attached hydrogens (tertiary/aromatic N) is 1. The first-order valence-corrected chi connectivity index (χ1v) is 7.97. The lowest BCUT2D eigenvalue weighted by atomic mass is 10.2. The van der Waals surface area contributed by atoms with Gasteiger partial charge in [-0.1, -0.05) is 36.4 Å². The Balaban J connectivity index is 1.97. The number of aliphatic hydroxyl groups excluding tert-OH is 1. The molecule has 5 nitrogen and oxygen atoms in total. The van der Waals surface area contributed by atoms with Gasteiger partial charge in [0.2, 0.25) is 5.91 Å². The van der Waals surface area contributed by atoms with E-state index in [0.717, 1.165) is 17.0 Å². The third-order valence-corrected chi connectivity index (χ3v) is 3.61. The van der Waals surface area contributed by atoms with Gasteiger partial charge in [-0.3, -0.25) is 4.79 Å². The molecule has 0 spiro atoms. The van der Waals surface area contributed by atoms with E-state index in [2.05, 4.69) is 5.32 Å². The first-order chi connectivity index (χ1) is 11.6. The molecule has 0 aromatic heterocycles. The zero-order valence-corrected chi connectivity index (χ0v) is 14.1. The highest BCUT2D eigenvalue weighted by molar-refractivity contribution is 5.81. The lowest BCUT2D eigenvalue weighted by Gasteiger charge is -2.25. The highest BCUT2D eigenvalue weighted by atomic mass is 16.5. The maximum absolute atomic E-state index is 12.3. The number of aliphatic hydroxyl groups is 1. The molecule has 5 heteroatoms. The van der Waals surface area contributed by atoms with Crippen LogP contribution < -0.4 is 15.0 Å². The summed E-state index contributed by atoms with van der Waals surface area (Å²) < 4.78 is 5.29. The van der Waals surface area contributed by atoms with E-state index < -0.39 is 6.10 Å². The van der Waals surface area contributed by atoms with Crippen LogP contribution in [0.4, 0.5) is 5.69 Å². The van der Waals surface area contributed by atoms with Gasteiger partial charge in [0.1, 0.15) is 5.75 Å². The van der Waals surface area contributed by atoms with E-state index in [1.807, 2.05) is 59.5 Å². The molecule has 1 unspecified atom stereocenters. The molecule has 0 aliphatic rings. The molecule has 0 bridgehead atoms. The molecule has 0 fully saturated rings. The Morgan fingerprint density at radius 1 is 1.17 bits per heavy atom. The summed E-state index contributed by atoms with van der Waals surface area (Å²) >= 11 is 0. The first kappa shape index (κ1) is 17.8.